The van der Waals surface area contributed by atoms with Crippen LogP contribution < -0.4 is 4.90 Å². The Balaban J connectivity index is 1.59. The van der Waals surface area contributed by atoms with Gasteiger partial charge in [0.05, 0.1) is 16.6 Å². The molecule has 2 heterocycles. The molecule has 1 aliphatic rings. The molecule has 5 rings (SSSR count). The first-order chi connectivity index (χ1) is 14.0. The van der Waals surface area contributed by atoms with Crippen molar-refractivity contribution in [2.75, 3.05) is 4.90 Å². The molecule has 144 valence electrons. The monoisotopic (exact) mass is 379 g/mol. The van der Waals surface area contributed by atoms with Gasteiger partial charge in [0.1, 0.15) is 5.82 Å². The molecule has 0 spiro atoms. The highest BCUT2D eigenvalue weighted by atomic mass is 15.2. The van der Waals surface area contributed by atoms with Crippen LogP contribution >= 0.6 is 0 Å². The SMILES string of the molecule is CC1=CC(C)(C)N(Cc2ccccc2)c2ccc(-c3nc4ccccc4[nH]3)cc21. The third kappa shape index (κ3) is 3.13. The minimum Gasteiger partial charge on any atom is -0.358 e. The average molecular weight is 380 g/mol. The maximum atomic E-state index is 4.78. The van der Waals surface area contributed by atoms with Gasteiger partial charge in [-0.3, -0.25) is 0 Å². The number of hydrogen-bond donors (Lipinski definition) is 1. The van der Waals surface area contributed by atoms with Crippen LogP contribution in [0.15, 0.2) is 78.9 Å². The zero-order valence-electron chi connectivity index (χ0n) is 17.1. The molecule has 3 heteroatoms. The number of fused-ring (bicyclic) bond motifs is 2. The maximum absolute atomic E-state index is 4.78. The molecule has 29 heavy (non-hydrogen) atoms. The molecule has 0 radical (unpaired) electrons. The highest BCUT2D eigenvalue weighted by Gasteiger charge is 2.31. The van der Waals surface area contributed by atoms with E-state index in [-0.39, 0.29) is 5.54 Å². The van der Waals surface area contributed by atoms with Crippen molar-refractivity contribution >= 4 is 22.3 Å². The van der Waals surface area contributed by atoms with Crippen LogP contribution in [0.5, 0.6) is 0 Å². The third-order valence-electron chi connectivity index (χ3n) is 5.82. The fraction of sp³-hybridized carbons (Fsp3) is 0.192. The van der Waals surface area contributed by atoms with E-state index in [0.717, 1.165) is 29.0 Å². The van der Waals surface area contributed by atoms with E-state index < -0.39 is 0 Å². The van der Waals surface area contributed by atoms with Gasteiger partial charge in [-0.05, 0) is 62.2 Å². The summed E-state index contributed by atoms with van der Waals surface area (Å²) >= 11 is 0. The van der Waals surface area contributed by atoms with Crippen molar-refractivity contribution in [2.45, 2.75) is 32.9 Å². The van der Waals surface area contributed by atoms with Crippen LogP contribution in [0.1, 0.15) is 31.9 Å². The Bertz CT molecular complexity index is 1180. The van der Waals surface area contributed by atoms with E-state index in [2.05, 4.69) is 91.3 Å². The predicted octanol–water partition coefficient (Wildman–Crippen LogP) is 6.43. The van der Waals surface area contributed by atoms with E-state index in [4.69, 9.17) is 4.98 Å². The second-order valence-electron chi connectivity index (χ2n) is 8.39. The zero-order chi connectivity index (χ0) is 20.0. The van der Waals surface area contributed by atoms with Gasteiger partial charge >= 0.3 is 0 Å². The van der Waals surface area contributed by atoms with E-state index in [0.29, 0.717) is 0 Å². The number of imidazole rings is 1. The van der Waals surface area contributed by atoms with Crippen molar-refractivity contribution in [3.63, 3.8) is 0 Å². The molecule has 0 saturated carbocycles. The third-order valence-corrected chi connectivity index (χ3v) is 5.82. The molecule has 0 amide bonds. The van der Waals surface area contributed by atoms with Gasteiger partial charge in [0.2, 0.25) is 0 Å². The smallest absolute Gasteiger partial charge is 0.138 e. The molecule has 0 bridgehead atoms. The van der Waals surface area contributed by atoms with E-state index in [1.807, 2.05) is 18.2 Å². The molecule has 0 atom stereocenters. The van der Waals surface area contributed by atoms with Gasteiger partial charge in [-0.15, -0.1) is 0 Å². The summed E-state index contributed by atoms with van der Waals surface area (Å²) in [6.45, 7) is 7.67. The number of para-hydroxylation sites is 2. The highest BCUT2D eigenvalue weighted by molar-refractivity contribution is 5.85. The fourth-order valence-corrected chi connectivity index (χ4v) is 4.37. The maximum Gasteiger partial charge on any atom is 0.138 e. The molecule has 3 nitrogen and oxygen atoms in total. The number of H-pyrrole nitrogens is 1. The highest BCUT2D eigenvalue weighted by Crippen LogP contribution is 2.41. The lowest BCUT2D eigenvalue weighted by atomic mass is 9.87. The number of rotatable bonds is 3. The second kappa shape index (κ2) is 6.63. The van der Waals surface area contributed by atoms with Crippen LogP contribution in [0, 0.1) is 0 Å². The summed E-state index contributed by atoms with van der Waals surface area (Å²) in [7, 11) is 0. The number of benzene rings is 3. The Morgan fingerprint density at radius 1 is 0.931 bits per heavy atom. The Morgan fingerprint density at radius 3 is 2.48 bits per heavy atom. The summed E-state index contributed by atoms with van der Waals surface area (Å²) in [6.07, 6.45) is 2.38. The number of nitrogens with one attached hydrogen (secondary N) is 1. The minimum absolute atomic E-state index is 0.0478. The summed E-state index contributed by atoms with van der Waals surface area (Å²) in [5.41, 5.74) is 8.32. The van der Waals surface area contributed by atoms with Crippen LogP contribution in [-0.4, -0.2) is 15.5 Å². The fourth-order valence-electron chi connectivity index (χ4n) is 4.37. The van der Waals surface area contributed by atoms with Crippen molar-refractivity contribution in [2.24, 2.45) is 0 Å². The first-order valence-electron chi connectivity index (χ1n) is 10.1. The number of anilines is 1. The molecule has 1 aromatic heterocycles. The van der Waals surface area contributed by atoms with Crippen molar-refractivity contribution in [1.29, 1.82) is 0 Å². The zero-order valence-corrected chi connectivity index (χ0v) is 17.1. The van der Waals surface area contributed by atoms with Crippen molar-refractivity contribution in [3.8, 4) is 11.4 Å². The Labute approximate surface area is 171 Å². The molecular weight excluding hydrogens is 354 g/mol. The van der Waals surface area contributed by atoms with Crippen LogP contribution in [-0.2, 0) is 6.54 Å². The van der Waals surface area contributed by atoms with Crippen LogP contribution in [0.3, 0.4) is 0 Å². The molecule has 0 fully saturated rings. The molecular formula is C26H25N3. The number of aromatic amines is 1. The van der Waals surface area contributed by atoms with E-state index in [1.165, 1.54) is 22.4 Å². The normalized spacial score (nSPS) is 15.3. The molecule has 1 aliphatic heterocycles. The first kappa shape index (κ1) is 17.7. The predicted molar refractivity (Wildman–Crippen MR) is 122 cm³/mol. The van der Waals surface area contributed by atoms with Gasteiger partial charge in [0, 0.05) is 23.4 Å². The number of hydrogen-bond acceptors (Lipinski definition) is 2. The second-order valence-corrected chi connectivity index (χ2v) is 8.39. The first-order valence-corrected chi connectivity index (χ1v) is 10.1. The van der Waals surface area contributed by atoms with Crippen molar-refractivity contribution in [1.82, 2.24) is 9.97 Å². The molecule has 0 unspecified atom stereocenters. The Morgan fingerprint density at radius 2 is 1.69 bits per heavy atom. The van der Waals surface area contributed by atoms with E-state index >= 15 is 0 Å². The number of allylic oxidation sites excluding steroid dienone is 1. The summed E-state index contributed by atoms with van der Waals surface area (Å²) in [6, 6.07) is 25.6. The van der Waals surface area contributed by atoms with Crippen LogP contribution in [0.2, 0.25) is 0 Å². The lowest BCUT2D eigenvalue weighted by Gasteiger charge is -2.43. The lowest BCUT2D eigenvalue weighted by molar-refractivity contribution is 0.552. The lowest BCUT2D eigenvalue weighted by Crippen LogP contribution is -2.44. The molecule has 1 N–H and O–H groups in total. The van der Waals surface area contributed by atoms with Gasteiger partial charge in [-0.25, -0.2) is 4.98 Å². The van der Waals surface area contributed by atoms with Gasteiger partial charge in [0.15, 0.2) is 0 Å². The van der Waals surface area contributed by atoms with Crippen LogP contribution in [0.25, 0.3) is 28.0 Å². The van der Waals surface area contributed by atoms with Gasteiger partial charge in [-0.2, -0.15) is 0 Å². The molecule has 3 aromatic carbocycles. The van der Waals surface area contributed by atoms with Gasteiger partial charge < -0.3 is 9.88 Å². The van der Waals surface area contributed by atoms with Gasteiger partial charge in [0.25, 0.3) is 0 Å². The van der Waals surface area contributed by atoms with E-state index in [9.17, 15) is 0 Å². The summed E-state index contributed by atoms with van der Waals surface area (Å²) in [5, 5.41) is 0. The van der Waals surface area contributed by atoms with Crippen molar-refractivity contribution < 1.29 is 0 Å². The minimum atomic E-state index is -0.0478. The summed E-state index contributed by atoms with van der Waals surface area (Å²) in [5.74, 6) is 0.918. The largest absolute Gasteiger partial charge is 0.358 e. The average Bonchev–Trinajstić information content (AvgIpc) is 3.15. The van der Waals surface area contributed by atoms with Gasteiger partial charge in [-0.1, -0.05) is 48.5 Å². The van der Waals surface area contributed by atoms with Crippen molar-refractivity contribution in [3.05, 3.63) is 90.0 Å². The van der Waals surface area contributed by atoms with E-state index in [1.54, 1.807) is 0 Å². The Kier molecular flexibility index (Phi) is 4.06. The molecule has 4 aromatic rings. The molecule has 0 saturated heterocycles. The molecule has 0 aliphatic carbocycles. The summed E-state index contributed by atoms with van der Waals surface area (Å²) in [4.78, 5) is 10.7. The number of nitrogens with zero attached hydrogens (tertiary/aromatic N) is 2. The topological polar surface area (TPSA) is 31.9 Å². The standard InChI is InChI=1S/C26H25N3/c1-18-16-26(2,3)29(17-19-9-5-4-6-10-19)24-14-13-20(15-21(18)24)25-27-22-11-7-8-12-23(22)28-25/h4-16H,17H2,1-3H3,(H,27,28). The summed E-state index contributed by atoms with van der Waals surface area (Å²) < 4.78 is 0. The number of aromatic nitrogens is 2. The Hall–Kier alpha value is -3.33. The van der Waals surface area contributed by atoms with Crippen LogP contribution in [0.4, 0.5) is 5.69 Å². The quantitative estimate of drug-likeness (QED) is 0.445.